The number of ether oxygens (including phenoxy) is 1. The van der Waals surface area contributed by atoms with Gasteiger partial charge in [-0.25, -0.2) is 0 Å². The number of rotatable bonds is 3. The van der Waals surface area contributed by atoms with Gasteiger partial charge >= 0.3 is 0 Å². The van der Waals surface area contributed by atoms with Crippen LogP contribution >= 0.6 is 0 Å². The number of amides is 1. The van der Waals surface area contributed by atoms with Gasteiger partial charge in [0.25, 0.3) is 11.6 Å². The van der Waals surface area contributed by atoms with Crippen LogP contribution in [0.25, 0.3) is 0 Å². The number of carbonyl (C=O) groups is 1. The molecule has 6 heteroatoms. The molecule has 0 aliphatic heterocycles. The molecule has 0 aromatic heterocycles. The topological polar surface area (TPSA) is 95.5 Å². The minimum Gasteiger partial charge on any atom is -0.496 e. The molecule has 1 aromatic rings. The predicted octanol–water partition coefficient (Wildman–Crippen LogP) is 1.32. The first-order valence-corrected chi connectivity index (χ1v) is 4.52. The first-order chi connectivity index (χ1) is 7.40. The first-order valence-electron chi connectivity index (χ1n) is 4.52. The van der Waals surface area contributed by atoms with E-state index in [4.69, 9.17) is 10.5 Å². The van der Waals surface area contributed by atoms with Crippen molar-refractivity contribution in [3.63, 3.8) is 0 Å². The Hall–Kier alpha value is -2.11. The highest BCUT2D eigenvalue weighted by molar-refractivity contribution is 5.98. The summed E-state index contributed by atoms with van der Waals surface area (Å²) in [7, 11) is 1.39. The third kappa shape index (κ3) is 1.81. The average Bonchev–Trinajstić information content (AvgIpc) is 2.19. The largest absolute Gasteiger partial charge is 0.496 e. The Kier molecular flexibility index (Phi) is 3.12. The van der Waals surface area contributed by atoms with Crippen LogP contribution in [0.1, 0.15) is 21.5 Å². The Morgan fingerprint density at radius 3 is 2.44 bits per heavy atom. The molecule has 1 amide bonds. The molecule has 0 aliphatic rings. The zero-order chi connectivity index (χ0) is 12.5. The van der Waals surface area contributed by atoms with Crippen LogP contribution in [0.4, 0.5) is 5.69 Å². The number of nitro groups is 1. The van der Waals surface area contributed by atoms with Gasteiger partial charge in [0.2, 0.25) is 0 Å². The number of methoxy groups -OCH3 is 1. The van der Waals surface area contributed by atoms with Crippen LogP contribution in [0.3, 0.4) is 0 Å². The second-order valence-corrected chi connectivity index (χ2v) is 3.37. The summed E-state index contributed by atoms with van der Waals surface area (Å²) >= 11 is 0. The molecule has 1 rings (SSSR count). The van der Waals surface area contributed by atoms with Crippen LogP contribution < -0.4 is 10.5 Å². The highest BCUT2D eigenvalue weighted by Crippen LogP contribution is 2.32. The molecule has 0 aliphatic carbocycles. The summed E-state index contributed by atoms with van der Waals surface area (Å²) in [6, 6.07) is 1.36. The Morgan fingerprint density at radius 2 is 2.06 bits per heavy atom. The monoisotopic (exact) mass is 224 g/mol. The van der Waals surface area contributed by atoms with Crippen LogP contribution in [0.2, 0.25) is 0 Å². The molecule has 0 atom stereocenters. The van der Waals surface area contributed by atoms with Gasteiger partial charge in [-0.1, -0.05) is 0 Å². The van der Waals surface area contributed by atoms with E-state index in [0.717, 1.165) is 0 Å². The average molecular weight is 224 g/mol. The van der Waals surface area contributed by atoms with Gasteiger partial charge in [-0.05, 0) is 19.4 Å². The fourth-order valence-electron chi connectivity index (χ4n) is 1.62. The maximum atomic E-state index is 11.2. The van der Waals surface area contributed by atoms with E-state index in [1.165, 1.54) is 20.1 Å². The highest BCUT2D eigenvalue weighted by atomic mass is 16.6. The SMILES string of the molecule is COc1c(C)cc([N+](=O)[O-])c(C)c1C(N)=O. The molecule has 0 saturated carbocycles. The van der Waals surface area contributed by atoms with Gasteiger partial charge in [-0.15, -0.1) is 0 Å². The van der Waals surface area contributed by atoms with Gasteiger partial charge in [0.05, 0.1) is 17.6 Å². The Morgan fingerprint density at radius 1 is 1.50 bits per heavy atom. The summed E-state index contributed by atoms with van der Waals surface area (Å²) < 4.78 is 5.03. The number of primary amides is 1. The molecule has 0 fully saturated rings. The van der Waals surface area contributed by atoms with Crippen LogP contribution in [-0.4, -0.2) is 17.9 Å². The van der Waals surface area contributed by atoms with E-state index in [9.17, 15) is 14.9 Å². The van der Waals surface area contributed by atoms with Crippen molar-refractivity contribution in [2.24, 2.45) is 5.73 Å². The minimum absolute atomic E-state index is 0.0641. The second kappa shape index (κ2) is 4.18. The number of carbonyl (C=O) groups excluding carboxylic acids is 1. The summed E-state index contributed by atoms with van der Waals surface area (Å²) in [5.74, 6) is -0.447. The molecular weight excluding hydrogens is 212 g/mol. The molecule has 0 radical (unpaired) electrons. The zero-order valence-electron chi connectivity index (χ0n) is 9.23. The number of nitrogens with zero attached hydrogens (tertiary/aromatic N) is 1. The summed E-state index contributed by atoms with van der Waals surface area (Å²) in [6.45, 7) is 3.10. The number of nitrogens with two attached hydrogens (primary N) is 1. The lowest BCUT2D eigenvalue weighted by atomic mass is 10.0. The molecule has 2 N–H and O–H groups in total. The second-order valence-electron chi connectivity index (χ2n) is 3.37. The van der Waals surface area contributed by atoms with Gasteiger partial charge < -0.3 is 10.5 Å². The van der Waals surface area contributed by atoms with Crippen molar-refractivity contribution in [3.8, 4) is 5.75 Å². The van der Waals surface area contributed by atoms with Crippen molar-refractivity contribution >= 4 is 11.6 Å². The van der Waals surface area contributed by atoms with E-state index in [1.54, 1.807) is 6.92 Å². The van der Waals surface area contributed by atoms with E-state index in [0.29, 0.717) is 5.56 Å². The van der Waals surface area contributed by atoms with Gasteiger partial charge in [0.1, 0.15) is 5.75 Å². The fraction of sp³-hybridized carbons (Fsp3) is 0.300. The number of aryl methyl sites for hydroxylation is 1. The maximum absolute atomic E-state index is 11.2. The fourth-order valence-corrected chi connectivity index (χ4v) is 1.62. The van der Waals surface area contributed by atoms with Gasteiger partial charge in [-0.3, -0.25) is 14.9 Å². The lowest BCUT2D eigenvalue weighted by molar-refractivity contribution is -0.385. The summed E-state index contributed by atoms with van der Waals surface area (Å²) in [4.78, 5) is 21.5. The van der Waals surface area contributed by atoms with Crippen LogP contribution in [0, 0.1) is 24.0 Å². The molecule has 86 valence electrons. The van der Waals surface area contributed by atoms with Gasteiger partial charge in [0.15, 0.2) is 0 Å². The summed E-state index contributed by atoms with van der Waals surface area (Å²) in [5.41, 5.74) is 5.85. The van der Waals surface area contributed by atoms with Crippen LogP contribution in [-0.2, 0) is 0 Å². The molecular formula is C10H12N2O4. The molecule has 16 heavy (non-hydrogen) atoms. The lowest BCUT2D eigenvalue weighted by Crippen LogP contribution is -2.16. The van der Waals surface area contributed by atoms with E-state index < -0.39 is 10.8 Å². The molecule has 1 aromatic carbocycles. The third-order valence-electron chi connectivity index (χ3n) is 2.34. The first kappa shape index (κ1) is 12.0. The molecule has 0 saturated heterocycles. The number of hydrogen-bond donors (Lipinski definition) is 1. The summed E-state index contributed by atoms with van der Waals surface area (Å²) in [5, 5.41) is 10.8. The van der Waals surface area contributed by atoms with Crippen molar-refractivity contribution in [1.82, 2.24) is 0 Å². The van der Waals surface area contributed by atoms with Crippen molar-refractivity contribution in [1.29, 1.82) is 0 Å². The zero-order valence-corrected chi connectivity index (χ0v) is 9.23. The molecule has 0 heterocycles. The number of hydrogen-bond acceptors (Lipinski definition) is 4. The van der Waals surface area contributed by atoms with Crippen LogP contribution in [0.5, 0.6) is 5.75 Å². The standard InChI is InChI=1S/C10H12N2O4/c1-5-4-7(12(14)15)6(2)8(10(11)13)9(5)16-3/h4H,1-3H3,(H2,11,13). The molecule has 0 bridgehead atoms. The number of benzene rings is 1. The lowest BCUT2D eigenvalue weighted by Gasteiger charge is -2.11. The van der Waals surface area contributed by atoms with Gasteiger partial charge in [0, 0.05) is 11.6 Å². The Balaban J connectivity index is 3.65. The van der Waals surface area contributed by atoms with E-state index in [-0.39, 0.29) is 22.6 Å². The molecule has 0 spiro atoms. The number of nitro benzene ring substituents is 1. The summed E-state index contributed by atoms with van der Waals surface area (Å²) in [6.07, 6.45) is 0. The van der Waals surface area contributed by atoms with Crippen molar-refractivity contribution in [2.45, 2.75) is 13.8 Å². The smallest absolute Gasteiger partial charge is 0.273 e. The molecule has 0 unspecified atom stereocenters. The maximum Gasteiger partial charge on any atom is 0.273 e. The van der Waals surface area contributed by atoms with E-state index in [1.807, 2.05) is 0 Å². The van der Waals surface area contributed by atoms with Gasteiger partial charge in [-0.2, -0.15) is 0 Å². The van der Waals surface area contributed by atoms with Crippen LogP contribution in [0.15, 0.2) is 6.07 Å². The Bertz CT molecular complexity index is 468. The highest BCUT2D eigenvalue weighted by Gasteiger charge is 2.23. The minimum atomic E-state index is -0.735. The van der Waals surface area contributed by atoms with E-state index in [2.05, 4.69) is 0 Å². The third-order valence-corrected chi connectivity index (χ3v) is 2.34. The normalized spacial score (nSPS) is 9.94. The quantitative estimate of drug-likeness (QED) is 0.618. The molecule has 6 nitrogen and oxygen atoms in total. The predicted molar refractivity (Wildman–Crippen MR) is 57.6 cm³/mol. The van der Waals surface area contributed by atoms with Crippen molar-refractivity contribution in [3.05, 3.63) is 32.9 Å². The van der Waals surface area contributed by atoms with Crippen molar-refractivity contribution in [2.75, 3.05) is 7.11 Å². The van der Waals surface area contributed by atoms with Crippen molar-refractivity contribution < 1.29 is 14.5 Å². The Labute approximate surface area is 92.2 Å². The van der Waals surface area contributed by atoms with E-state index >= 15 is 0 Å².